The summed E-state index contributed by atoms with van der Waals surface area (Å²) in [6.45, 7) is 1.29. The third-order valence-electron chi connectivity index (χ3n) is 2.70. The summed E-state index contributed by atoms with van der Waals surface area (Å²) in [5.41, 5.74) is 0. The van der Waals surface area contributed by atoms with E-state index in [9.17, 15) is 4.79 Å². The van der Waals surface area contributed by atoms with Crippen LogP contribution in [0.2, 0.25) is 0 Å². The molecule has 0 bridgehead atoms. The largest absolute Gasteiger partial charge is 0.481 e. The number of hydrogen-bond acceptors (Lipinski definition) is 5. The minimum absolute atomic E-state index is 0.271. The van der Waals surface area contributed by atoms with E-state index in [-0.39, 0.29) is 5.92 Å². The Hall–Kier alpha value is -1.30. The van der Waals surface area contributed by atoms with Crippen molar-refractivity contribution in [3.05, 3.63) is 12.4 Å². The molecule has 1 aliphatic heterocycles. The highest BCUT2D eigenvalue weighted by molar-refractivity contribution is 7.98. The van der Waals surface area contributed by atoms with Gasteiger partial charge in [-0.2, -0.15) is 0 Å². The van der Waals surface area contributed by atoms with Gasteiger partial charge in [0.1, 0.15) is 17.2 Å². The summed E-state index contributed by atoms with van der Waals surface area (Å²) < 4.78 is 0. The van der Waals surface area contributed by atoms with Gasteiger partial charge in [-0.3, -0.25) is 4.79 Å². The maximum Gasteiger partial charge on any atom is 0.308 e. The number of thioether (sulfide) groups is 1. The van der Waals surface area contributed by atoms with Gasteiger partial charge < -0.3 is 10.0 Å². The van der Waals surface area contributed by atoms with Crippen molar-refractivity contribution in [1.29, 1.82) is 0 Å². The number of aromatic nitrogens is 2. The van der Waals surface area contributed by atoms with Crippen LogP contribution < -0.4 is 4.90 Å². The highest BCUT2D eigenvalue weighted by atomic mass is 32.2. The van der Waals surface area contributed by atoms with Crippen LogP contribution in [0.4, 0.5) is 5.82 Å². The Bertz CT molecular complexity index is 399. The predicted molar refractivity (Wildman–Crippen MR) is 61.8 cm³/mol. The molecule has 1 N–H and O–H groups in total. The van der Waals surface area contributed by atoms with E-state index in [1.807, 2.05) is 17.2 Å². The number of carboxylic acid groups (broad SMARTS) is 1. The fraction of sp³-hybridized carbons (Fsp3) is 0.500. The molecule has 0 amide bonds. The predicted octanol–water partition coefficient (Wildman–Crippen LogP) is 1.11. The average molecular weight is 239 g/mol. The lowest BCUT2D eigenvalue weighted by Crippen LogP contribution is -2.23. The molecule has 0 radical (unpaired) electrons. The molecular weight excluding hydrogens is 226 g/mol. The minimum atomic E-state index is -0.721. The first kappa shape index (κ1) is 11.2. The Kier molecular flexibility index (Phi) is 3.28. The highest BCUT2D eigenvalue weighted by Crippen LogP contribution is 2.24. The Balaban J connectivity index is 2.11. The van der Waals surface area contributed by atoms with Crippen LogP contribution in [0, 0.1) is 5.92 Å². The van der Waals surface area contributed by atoms with E-state index in [4.69, 9.17) is 5.11 Å². The van der Waals surface area contributed by atoms with Crippen molar-refractivity contribution in [3.8, 4) is 0 Å². The van der Waals surface area contributed by atoms with E-state index < -0.39 is 5.97 Å². The van der Waals surface area contributed by atoms with Crippen molar-refractivity contribution in [2.45, 2.75) is 11.4 Å². The second-order valence-corrected chi connectivity index (χ2v) is 4.51. The lowest BCUT2D eigenvalue weighted by atomic mass is 10.1. The van der Waals surface area contributed by atoms with Gasteiger partial charge in [0.15, 0.2) is 0 Å². The van der Waals surface area contributed by atoms with Crippen molar-refractivity contribution < 1.29 is 9.90 Å². The topological polar surface area (TPSA) is 66.3 Å². The molecule has 1 aliphatic rings. The highest BCUT2D eigenvalue weighted by Gasteiger charge is 2.28. The van der Waals surface area contributed by atoms with Gasteiger partial charge in [-0.15, -0.1) is 11.8 Å². The van der Waals surface area contributed by atoms with Gasteiger partial charge in [-0.25, -0.2) is 9.97 Å². The van der Waals surface area contributed by atoms with Crippen LogP contribution in [-0.4, -0.2) is 40.4 Å². The van der Waals surface area contributed by atoms with Gasteiger partial charge in [0.25, 0.3) is 0 Å². The molecule has 0 aliphatic carbocycles. The van der Waals surface area contributed by atoms with Crippen molar-refractivity contribution in [1.82, 2.24) is 9.97 Å². The van der Waals surface area contributed by atoms with Gasteiger partial charge >= 0.3 is 5.97 Å². The van der Waals surface area contributed by atoms with Crippen LogP contribution in [0.15, 0.2) is 17.4 Å². The smallest absolute Gasteiger partial charge is 0.308 e. The molecule has 86 valence electrons. The van der Waals surface area contributed by atoms with E-state index in [0.717, 1.165) is 17.4 Å². The van der Waals surface area contributed by atoms with E-state index in [1.165, 1.54) is 6.33 Å². The summed E-state index contributed by atoms with van der Waals surface area (Å²) >= 11 is 1.55. The molecule has 1 aromatic rings. The summed E-state index contributed by atoms with van der Waals surface area (Å²) in [5, 5.41) is 9.82. The Labute approximate surface area is 97.9 Å². The van der Waals surface area contributed by atoms with Crippen LogP contribution in [0.5, 0.6) is 0 Å². The van der Waals surface area contributed by atoms with E-state index in [1.54, 1.807) is 11.8 Å². The molecule has 16 heavy (non-hydrogen) atoms. The Morgan fingerprint density at radius 3 is 3.06 bits per heavy atom. The molecule has 1 aromatic heterocycles. The van der Waals surface area contributed by atoms with Crippen LogP contribution in [0.3, 0.4) is 0 Å². The lowest BCUT2D eigenvalue weighted by molar-refractivity contribution is -0.140. The normalized spacial score (nSPS) is 20.1. The number of hydrogen-bond donors (Lipinski definition) is 1. The summed E-state index contributed by atoms with van der Waals surface area (Å²) in [5.74, 6) is -0.169. The zero-order chi connectivity index (χ0) is 11.5. The monoisotopic (exact) mass is 239 g/mol. The van der Waals surface area contributed by atoms with E-state index in [0.29, 0.717) is 13.0 Å². The molecule has 6 heteroatoms. The van der Waals surface area contributed by atoms with Crippen LogP contribution >= 0.6 is 11.8 Å². The number of carboxylic acids is 1. The summed E-state index contributed by atoms with van der Waals surface area (Å²) in [6, 6.07) is 1.90. The van der Waals surface area contributed by atoms with Gasteiger partial charge in [-0.05, 0) is 12.7 Å². The molecule has 1 unspecified atom stereocenters. The lowest BCUT2D eigenvalue weighted by Gasteiger charge is -2.16. The fourth-order valence-electron chi connectivity index (χ4n) is 1.78. The van der Waals surface area contributed by atoms with Gasteiger partial charge in [0.2, 0.25) is 0 Å². The molecule has 2 rings (SSSR count). The fourth-order valence-corrected chi connectivity index (χ4v) is 2.16. The third-order valence-corrected chi connectivity index (χ3v) is 3.34. The molecule has 5 nitrogen and oxygen atoms in total. The number of nitrogens with zero attached hydrogens (tertiary/aromatic N) is 3. The molecule has 1 atom stereocenters. The molecular formula is C10H13N3O2S. The quantitative estimate of drug-likeness (QED) is 0.629. The summed E-state index contributed by atoms with van der Waals surface area (Å²) in [6.07, 6.45) is 4.17. The number of aliphatic carboxylic acids is 1. The minimum Gasteiger partial charge on any atom is -0.481 e. The van der Waals surface area contributed by atoms with Crippen molar-refractivity contribution in [2.75, 3.05) is 24.2 Å². The van der Waals surface area contributed by atoms with E-state index in [2.05, 4.69) is 9.97 Å². The van der Waals surface area contributed by atoms with Crippen molar-refractivity contribution in [3.63, 3.8) is 0 Å². The standard InChI is InChI=1S/C10H13N3O2S/c1-16-9-4-8(11-6-12-9)13-3-2-7(5-13)10(14)15/h4,6-7H,2-3,5H2,1H3,(H,14,15). The number of anilines is 1. The van der Waals surface area contributed by atoms with Gasteiger partial charge in [0.05, 0.1) is 5.92 Å². The van der Waals surface area contributed by atoms with Crippen molar-refractivity contribution >= 4 is 23.5 Å². The Morgan fingerprint density at radius 1 is 1.62 bits per heavy atom. The van der Waals surface area contributed by atoms with Gasteiger partial charge in [-0.1, -0.05) is 0 Å². The molecule has 1 fully saturated rings. The molecule has 2 heterocycles. The number of rotatable bonds is 3. The number of carbonyl (C=O) groups is 1. The van der Waals surface area contributed by atoms with Crippen molar-refractivity contribution in [2.24, 2.45) is 5.92 Å². The maximum absolute atomic E-state index is 10.8. The van der Waals surface area contributed by atoms with E-state index >= 15 is 0 Å². The third kappa shape index (κ3) is 2.27. The Morgan fingerprint density at radius 2 is 2.44 bits per heavy atom. The first-order valence-electron chi connectivity index (χ1n) is 5.04. The van der Waals surface area contributed by atoms with Crippen LogP contribution in [0.25, 0.3) is 0 Å². The summed E-state index contributed by atoms with van der Waals surface area (Å²) in [4.78, 5) is 21.1. The SMILES string of the molecule is CSc1cc(N2CCC(C(=O)O)C2)ncn1. The first-order valence-corrected chi connectivity index (χ1v) is 6.27. The molecule has 0 saturated carbocycles. The molecule has 0 aromatic carbocycles. The van der Waals surface area contributed by atoms with Crippen LogP contribution in [0.1, 0.15) is 6.42 Å². The molecule has 0 spiro atoms. The maximum atomic E-state index is 10.8. The second kappa shape index (κ2) is 4.69. The first-order chi connectivity index (χ1) is 7.70. The second-order valence-electron chi connectivity index (χ2n) is 3.69. The summed E-state index contributed by atoms with van der Waals surface area (Å²) in [7, 11) is 0. The zero-order valence-electron chi connectivity index (χ0n) is 8.96. The van der Waals surface area contributed by atoms with Crippen LogP contribution in [-0.2, 0) is 4.79 Å². The molecule has 1 saturated heterocycles. The zero-order valence-corrected chi connectivity index (χ0v) is 9.78. The average Bonchev–Trinajstić information content (AvgIpc) is 2.78. The van der Waals surface area contributed by atoms with Gasteiger partial charge in [0, 0.05) is 19.2 Å².